The minimum atomic E-state index is -0.567. The first kappa shape index (κ1) is 15.3. The summed E-state index contributed by atoms with van der Waals surface area (Å²) < 4.78 is 6.16. The van der Waals surface area contributed by atoms with E-state index in [1.165, 1.54) is 6.20 Å². The number of amides is 1. The largest absolute Gasteiger partial charge is 0.360 e. The lowest BCUT2D eigenvalue weighted by molar-refractivity contribution is 0.0943. The summed E-state index contributed by atoms with van der Waals surface area (Å²) in [5, 5.41) is 6.70. The molecular formula is C16H15N5O4. The summed E-state index contributed by atoms with van der Waals surface area (Å²) >= 11 is 0. The zero-order valence-electron chi connectivity index (χ0n) is 13.2. The first-order chi connectivity index (χ1) is 12.1. The van der Waals surface area contributed by atoms with Crippen molar-refractivity contribution in [2.24, 2.45) is 0 Å². The molecule has 0 spiro atoms. The Morgan fingerprint density at radius 1 is 1.40 bits per heavy atom. The molecule has 0 aromatic carbocycles. The first-order valence-electron chi connectivity index (χ1n) is 7.96. The average molecular weight is 341 g/mol. The molecule has 1 saturated carbocycles. The minimum absolute atomic E-state index is 0.0398. The predicted octanol–water partition coefficient (Wildman–Crippen LogP) is 0.380. The normalized spacial score (nSPS) is 13.9. The third-order valence-electron chi connectivity index (χ3n) is 4.12. The van der Waals surface area contributed by atoms with Gasteiger partial charge in [-0.2, -0.15) is 0 Å². The molecular weight excluding hydrogens is 326 g/mol. The lowest BCUT2D eigenvalue weighted by Gasteiger charge is -2.06. The van der Waals surface area contributed by atoms with Gasteiger partial charge in [0.2, 0.25) is 0 Å². The molecule has 1 aliphatic rings. The van der Waals surface area contributed by atoms with E-state index in [4.69, 9.17) is 4.52 Å². The van der Waals surface area contributed by atoms with Crippen molar-refractivity contribution in [1.82, 2.24) is 25.0 Å². The van der Waals surface area contributed by atoms with Crippen molar-refractivity contribution in [3.8, 4) is 0 Å². The van der Waals surface area contributed by atoms with Crippen molar-refractivity contribution < 1.29 is 9.32 Å². The Bertz CT molecular complexity index is 1060. The highest BCUT2D eigenvalue weighted by Crippen LogP contribution is 2.40. The molecule has 3 aromatic heterocycles. The molecule has 2 N–H and O–H groups in total. The zero-order valence-corrected chi connectivity index (χ0v) is 13.2. The summed E-state index contributed by atoms with van der Waals surface area (Å²) in [5.74, 6) is 0.694. The lowest BCUT2D eigenvalue weighted by atomic mass is 10.3. The number of hydrogen-bond acceptors (Lipinski definition) is 6. The molecule has 0 aliphatic heterocycles. The number of pyridine rings is 1. The van der Waals surface area contributed by atoms with Gasteiger partial charge in [0.1, 0.15) is 11.4 Å². The van der Waals surface area contributed by atoms with Crippen molar-refractivity contribution in [2.45, 2.75) is 25.3 Å². The standard InChI is InChI=1S/C16H15N5O4/c22-14(11-8-12(25-20-11)9-3-4-9)18-6-7-21-15(23)10-2-1-5-17-13(10)19-16(21)24/h1-2,5,8-9H,3-4,6-7H2,(H,18,22)(H,17,19,24). The van der Waals surface area contributed by atoms with Gasteiger partial charge < -0.3 is 9.84 Å². The second-order valence-electron chi connectivity index (χ2n) is 5.93. The van der Waals surface area contributed by atoms with E-state index < -0.39 is 17.2 Å². The second-order valence-corrected chi connectivity index (χ2v) is 5.93. The van der Waals surface area contributed by atoms with Crippen LogP contribution in [0, 0.1) is 0 Å². The van der Waals surface area contributed by atoms with Crippen LogP contribution in [0.25, 0.3) is 11.0 Å². The van der Waals surface area contributed by atoms with Gasteiger partial charge in [-0.3, -0.25) is 19.1 Å². The Morgan fingerprint density at radius 2 is 2.24 bits per heavy atom. The van der Waals surface area contributed by atoms with Crippen LogP contribution in [0.5, 0.6) is 0 Å². The molecule has 0 atom stereocenters. The quantitative estimate of drug-likeness (QED) is 0.691. The molecule has 1 fully saturated rings. The molecule has 1 amide bonds. The highest BCUT2D eigenvalue weighted by Gasteiger charge is 2.28. The topological polar surface area (TPSA) is 123 Å². The van der Waals surface area contributed by atoms with Crippen LogP contribution in [0.2, 0.25) is 0 Å². The number of nitrogens with one attached hydrogen (secondary N) is 2. The average Bonchev–Trinajstić information content (AvgIpc) is 3.34. The Hall–Kier alpha value is -3.23. The summed E-state index contributed by atoms with van der Waals surface area (Å²) in [4.78, 5) is 42.9. The van der Waals surface area contributed by atoms with E-state index in [1.54, 1.807) is 18.2 Å². The van der Waals surface area contributed by atoms with Gasteiger partial charge in [0.25, 0.3) is 11.5 Å². The molecule has 0 saturated heterocycles. The molecule has 3 heterocycles. The van der Waals surface area contributed by atoms with Crippen LogP contribution in [-0.2, 0) is 6.54 Å². The fourth-order valence-corrected chi connectivity index (χ4v) is 2.62. The summed E-state index contributed by atoms with van der Waals surface area (Å²) in [7, 11) is 0. The fraction of sp³-hybridized carbons (Fsp3) is 0.312. The van der Waals surface area contributed by atoms with Crippen molar-refractivity contribution in [3.63, 3.8) is 0 Å². The SMILES string of the molecule is O=C(NCCn1c(=O)[nH]c2ncccc2c1=O)c1cc(C2CC2)on1. The maximum atomic E-state index is 12.3. The van der Waals surface area contributed by atoms with Gasteiger partial charge in [-0.1, -0.05) is 5.16 Å². The Labute approximate surface area is 140 Å². The summed E-state index contributed by atoms with van der Waals surface area (Å²) in [6.07, 6.45) is 3.60. The Morgan fingerprint density at radius 3 is 3.04 bits per heavy atom. The van der Waals surface area contributed by atoms with Gasteiger partial charge in [-0.25, -0.2) is 9.78 Å². The van der Waals surface area contributed by atoms with Crippen LogP contribution in [0.15, 0.2) is 38.5 Å². The minimum Gasteiger partial charge on any atom is -0.360 e. The Kier molecular flexibility index (Phi) is 3.68. The van der Waals surface area contributed by atoms with Gasteiger partial charge in [0.15, 0.2) is 5.69 Å². The molecule has 0 radical (unpaired) electrons. The zero-order chi connectivity index (χ0) is 17.4. The van der Waals surface area contributed by atoms with Gasteiger partial charge >= 0.3 is 5.69 Å². The number of carbonyl (C=O) groups is 1. The van der Waals surface area contributed by atoms with Crippen molar-refractivity contribution in [1.29, 1.82) is 0 Å². The van der Waals surface area contributed by atoms with E-state index in [0.29, 0.717) is 11.3 Å². The van der Waals surface area contributed by atoms with Crippen LogP contribution in [0.4, 0.5) is 0 Å². The summed E-state index contributed by atoms with van der Waals surface area (Å²) in [6.45, 7) is 0.150. The van der Waals surface area contributed by atoms with Gasteiger partial charge in [0, 0.05) is 31.3 Å². The fourth-order valence-electron chi connectivity index (χ4n) is 2.62. The van der Waals surface area contributed by atoms with E-state index in [2.05, 4.69) is 20.4 Å². The van der Waals surface area contributed by atoms with Crippen molar-refractivity contribution in [2.75, 3.05) is 6.54 Å². The van der Waals surface area contributed by atoms with Crippen LogP contribution >= 0.6 is 0 Å². The molecule has 25 heavy (non-hydrogen) atoms. The van der Waals surface area contributed by atoms with Gasteiger partial charge in [-0.15, -0.1) is 0 Å². The lowest BCUT2D eigenvalue weighted by Crippen LogP contribution is -2.39. The molecule has 3 aromatic rings. The predicted molar refractivity (Wildman–Crippen MR) is 87.4 cm³/mol. The molecule has 0 bridgehead atoms. The smallest absolute Gasteiger partial charge is 0.330 e. The van der Waals surface area contributed by atoms with E-state index in [-0.39, 0.29) is 24.4 Å². The van der Waals surface area contributed by atoms with Crippen LogP contribution in [-0.4, -0.2) is 32.1 Å². The van der Waals surface area contributed by atoms with Crippen LogP contribution in [0.3, 0.4) is 0 Å². The van der Waals surface area contributed by atoms with Crippen molar-refractivity contribution >= 4 is 16.9 Å². The highest BCUT2D eigenvalue weighted by atomic mass is 16.5. The highest BCUT2D eigenvalue weighted by molar-refractivity contribution is 5.92. The molecule has 1 aliphatic carbocycles. The molecule has 9 heteroatoms. The summed E-state index contributed by atoms with van der Waals surface area (Å²) in [6, 6.07) is 4.84. The van der Waals surface area contributed by atoms with Gasteiger partial charge in [-0.05, 0) is 25.0 Å². The number of carbonyl (C=O) groups excluding carboxylic acids is 1. The molecule has 9 nitrogen and oxygen atoms in total. The first-order valence-corrected chi connectivity index (χ1v) is 7.96. The van der Waals surface area contributed by atoms with E-state index in [9.17, 15) is 14.4 Å². The third kappa shape index (κ3) is 2.95. The maximum absolute atomic E-state index is 12.3. The number of H-pyrrole nitrogens is 1. The molecule has 128 valence electrons. The number of fused-ring (bicyclic) bond motifs is 1. The number of aromatic amines is 1. The van der Waals surface area contributed by atoms with Crippen molar-refractivity contribution in [3.05, 3.63) is 56.7 Å². The Balaban J connectivity index is 1.46. The maximum Gasteiger partial charge on any atom is 0.330 e. The van der Waals surface area contributed by atoms with Gasteiger partial charge in [0.05, 0.1) is 5.39 Å². The number of aromatic nitrogens is 4. The van der Waals surface area contributed by atoms with E-state index in [0.717, 1.165) is 23.2 Å². The summed E-state index contributed by atoms with van der Waals surface area (Å²) in [5.41, 5.74) is -0.569. The molecule has 4 rings (SSSR count). The molecule has 0 unspecified atom stereocenters. The number of nitrogens with zero attached hydrogens (tertiary/aromatic N) is 3. The van der Waals surface area contributed by atoms with E-state index >= 15 is 0 Å². The second kappa shape index (κ2) is 6.00. The number of hydrogen-bond donors (Lipinski definition) is 2. The van der Waals surface area contributed by atoms with E-state index in [1.807, 2.05) is 0 Å². The number of rotatable bonds is 5. The van der Waals surface area contributed by atoms with Crippen LogP contribution < -0.4 is 16.6 Å². The van der Waals surface area contributed by atoms with Crippen LogP contribution in [0.1, 0.15) is 35.0 Å². The third-order valence-corrected chi connectivity index (χ3v) is 4.12. The monoisotopic (exact) mass is 341 g/mol.